The number of hydrogen-bond acceptors (Lipinski definition) is 4. The molecule has 0 bridgehead atoms. The molecule has 1 aromatic carbocycles. The van der Waals surface area contributed by atoms with Gasteiger partial charge in [-0.25, -0.2) is 14.2 Å². The van der Waals surface area contributed by atoms with E-state index in [1.807, 2.05) is 5.32 Å². The van der Waals surface area contributed by atoms with Crippen LogP contribution in [0.15, 0.2) is 18.2 Å². The first-order chi connectivity index (χ1) is 9.50. The molecule has 0 aromatic heterocycles. The van der Waals surface area contributed by atoms with Gasteiger partial charge in [0.25, 0.3) is 11.8 Å². The third kappa shape index (κ3) is 1.58. The zero-order valence-corrected chi connectivity index (χ0v) is 10.1. The summed E-state index contributed by atoms with van der Waals surface area (Å²) < 4.78 is 13.6. The van der Waals surface area contributed by atoms with Crippen molar-refractivity contribution in [2.45, 2.75) is 6.42 Å². The lowest BCUT2D eigenvalue weighted by Crippen LogP contribution is -2.58. The summed E-state index contributed by atoms with van der Waals surface area (Å²) in [5.74, 6) is -3.01. The molecule has 0 saturated carbocycles. The molecule has 1 aromatic rings. The minimum atomic E-state index is -0.910. The summed E-state index contributed by atoms with van der Waals surface area (Å²) in [4.78, 5) is 47.0. The van der Waals surface area contributed by atoms with Crippen LogP contribution in [0.3, 0.4) is 0 Å². The maximum Gasteiger partial charge on any atom is 0.343 e. The summed E-state index contributed by atoms with van der Waals surface area (Å²) in [6.45, 7) is -0.113. The van der Waals surface area contributed by atoms with Crippen LogP contribution >= 0.6 is 0 Å². The maximum atomic E-state index is 13.6. The maximum absolute atomic E-state index is 13.6. The number of urea groups is 1. The normalized spacial score (nSPS) is 18.4. The Balaban J connectivity index is 2.00. The van der Waals surface area contributed by atoms with E-state index in [2.05, 4.69) is 0 Å². The van der Waals surface area contributed by atoms with Crippen LogP contribution in [0.4, 0.5) is 9.18 Å². The van der Waals surface area contributed by atoms with Crippen molar-refractivity contribution >= 4 is 23.8 Å². The second kappa shape index (κ2) is 4.12. The number of nitrogens with one attached hydrogen (secondary N) is 1. The minimum Gasteiger partial charge on any atom is -0.276 e. The molecule has 1 fully saturated rings. The van der Waals surface area contributed by atoms with Crippen molar-refractivity contribution in [3.8, 4) is 0 Å². The number of halogens is 1. The minimum absolute atomic E-state index is 0.0401. The lowest BCUT2D eigenvalue weighted by molar-refractivity contribution is -0.122. The topological polar surface area (TPSA) is 86.8 Å². The summed E-state index contributed by atoms with van der Waals surface area (Å²) in [5, 5.41) is 3.37. The molecule has 3 rings (SSSR count). The first kappa shape index (κ1) is 12.3. The van der Waals surface area contributed by atoms with E-state index >= 15 is 0 Å². The molecule has 0 atom stereocenters. The average Bonchev–Trinajstić information content (AvgIpc) is 2.64. The fourth-order valence-corrected chi connectivity index (χ4v) is 2.20. The Morgan fingerprint density at radius 3 is 2.50 bits per heavy atom. The van der Waals surface area contributed by atoms with Gasteiger partial charge in [0.15, 0.2) is 0 Å². The predicted octanol–water partition coefficient (Wildman–Crippen LogP) is 0.279. The Bertz CT molecular complexity index is 673. The van der Waals surface area contributed by atoms with Gasteiger partial charge in [0, 0.05) is 6.42 Å². The standard InChI is InChI=1S/C12H8FN3O4/c13-7-3-1-2-6-9(7)11(19)16(10(6)18)15-5-4-8(17)14-12(15)20/h1-3H,4-5H2,(H,14,17,20). The van der Waals surface area contributed by atoms with Gasteiger partial charge in [-0.3, -0.25) is 19.7 Å². The molecule has 0 unspecified atom stereocenters. The van der Waals surface area contributed by atoms with Crippen molar-refractivity contribution in [2.75, 3.05) is 6.54 Å². The van der Waals surface area contributed by atoms with E-state index in [0.29, 0.717) is 5.01 Å². The number of rotatable bonds is 1. The highest BCUT2D eigenvalue weighted by Gasteiger charge is 2.44. The van der Waals surface area contributed by atoms with E-state index in [-0.39, 0.29) is 24.1 Å². The molecule has 2 heterocycles. The van der Waals surface area contributed by atoms with E-state index < -0.39 is 29.6 Å². The van der Waals surface area contributed by atoms with Crippen LogP contribution in [0.5, 0.6) is 0 Å². The molecule has 102 valence electrons. The van der Waals surface area contributed by atoms with Gasteiger partial charge < -0.3 is 0 Å². The zero-order valence-electron chi connectivity index (χ0n) is 10.1. The van der Waals surface area contributed by atoms with Crippen molar-refractivity contribution in [3.63, 3.8) is 0 Å². The average molecular weight is 277 g/mol. The number of fused-ring (bicyclic) bond motifs is 1. The summed E-state index contributed by atoms with van der Waals surface area (Å²) in [5.41, 5.74) is -0.457. The molecule has 2 aliphatic heterocycles. The molecule has 0 spiro atoms. The van der Waals surface area contributed by atoms with Crippen LogP contribution in [0.25, 0.3) is 0 Å². The predicted molar refractivity (Wildman–Crippen MR) is 61.8 cm³/mol. The monoisotopic (exact) mass is 277 g/mol. The quantitative estimate of drug-likeness (QED) is 0.747. The molecular weight excluding hydrogens is 269 g/mol. The van der Waals surface area contributed by atoms with Crippen LogP contribution in [0.2, 0.25) is 0 Å². The molecule has 0 radical (unpaired) electrons. The SMILES string of the molecule is O=C1CCN(N2C(=O)c3cccc(F)c3C2=O)C(=O)N1. The number of imide groups is 2. The summed E-state index contributed by atoms with van der Waals surface area (Å²) in [6.07, 6.45) is -0.0401. The number of hydrazine groups is 1. The Hall–Kier alpha value is -2.77. The Morgan fingerprint density at radius 1 is 1.10 bits per heavy atom. The smallest absolute Gasteiger partial charge is 0.276 e. The van der Waals surface area contributed by atoms with E-state index in [1.54, 1.807) is 0 Å². The number of carbonyl (C=O) groups excluding carboxylic acids is 4. The fourth-order valence-electron chi connectivity index (χ4n) is 2.20. The van der Waals surface area contributed by atoms with Gasteiger partial charge in [0.05, 0.1) is 17.7 Å². The lowest BCUT2D eigenvalue weighted by Gasteiger charge is -2.32. The third-order valence-corrected chi connectivity index (χ3v) is 3.12. The Morgan fingerprint density at radius 2 is 1.85 bits per heavy atom. The zero-order chi connectivity index (χ0) is 14.4. The highest BCUT2D eigenvalue weighted by Crippen LogP contribution is 2.27. The summed E-state index contributed by atoms with van der Waals surface area (Å²) in [6, 6.07) is 2.80. The van der Waals surface area contributed by atoms with Gasteiger partial charge in [-0.1, -0.05) is 6.07 Å². The van der Waals surface area contributed by atoms with E-state index in [9.17, 15) is 23.6 Å². The highest BCUT2D eigenvalue weighted by molar-refractivity contribution is 6.22. The molecule has 8 heteroatoms. The molecule has 7 nitrogen and oxygen atoms in total. The van der Waals surface area contributed by atoms with Gasteiger partial charge >= 0.3 is 6.03 Å². The third-order valence-electron chi connectivity index (χ3n) is 3.12. The van der Waals surface area contributed by atoms with Gasteiger partial charge in [0.2, 0.25) is 5.91 Å². The Labute approximate surface area is 111 Å². The first-order valence-corrected chi connectivity index (χ1v) is 5.79. The van der Waals surface area contributed by atoms with Crippen LogP contribution in [-0.2, 0) is 4.79 Å². The molecule has 1 N–H and O–H groups in total. The summed E-state index contributed by atoms with van der Waals surface area (Å²) >= 11 is 0. The molecule has 1 saturated heterocycles. The van der Waals surface area contributed by atoms with Crippen molar-refractivity contribution in [3.05, 3.63) is 35.1 Å². The first-order valence-electron chi connectivity index (χ1n) is 5.79. The number of carbonyl (C=O) groups is 4. The van der Waals surface area contributed by atoms with Crippen molar-refractivity contribution < 1.29 is 23.6 Å². The molecular formula is C12H8FN3O4. The number of amides is 5. The van der Waals surface area contributed by atoms with E-state index in [0.717, 1.165) is 11.1 Å². The molecule has 0 aliphatic carbocycles. The summed E-state index contributed by atoms with van der Waals surface area (Å²) in [7, 11) is 0. The van der Waals surface area contributed by atoms with Gasteiger partial charge in [0.1, 0.15) is 5.82 Å². The van der Waals surface area contributed by atoms with Crippen LogP contribution in [-0.4, -0.2) is 40.3 Å². The number of hydrogen-bond donors (Lipinski definition) is 1. The highest BCUT2D eigenvalue weighted by atomic mass is 19.1. The van der Waals surface area contributed by atoms with E-state index in [1.165, 1.54) is 12.1 Å². The van der Waals surface area contributed by atoms with Crippen molar-refractivity contribution in [2.24, 2.45) is 0 Å². The fraction of sp³-hybridized carbons (Fsp3) is 0.167. The lowest BCUT2D eigenvalue weighted by atomic mass is 10.1. The van der Waals surface area contributed by atoms with Gasteiger partial charge in [-0.05, 0) is 12.1 Å². The van der Waals surface area contributed by atoms with Crippen LogP contribution < -0.4 is 5.32 Å². The second-order valence-electron chi connectivity index (χ2n) is 4.31. The van der Waals surface area contributed by atoms with E-state index in [4.69, 9.17) is 0 Å². The Kier molecular flexibility index (Phi) is 2.53. The molecule has 5 amide bonds. The number of nitrogens with zero attached hydrogens (tertiary/aromatic N) is 2. The van der Waals surface area contributed by atoms with Crippen LogP contribution in [0, 0.1) is 5.82 Å². The molecule has 20 heavy (non-hydrogen) atoms. The van der Waals surface area contributed by atoms with Gasteiger partial charge in [-0.2, -0.15) is 5.01 Å². The van der Waals surface area contributed by atoms with Gasteiger partial charge in [-0.15, -0.1) is 0 Å². The van der Waals surface area contributed by atoms with Crippen molar-refractivity contribution in [1.29, 1.82) is 0 Å². The number of benzene rings is 1. The second-order valence-corrected chi connectivity index (χ2v) is 4.31. The largest absolute Gasteiger partial charge is 0.343 e. The van der Waals surface area contributed by atoms with Crippen molar-refractivity contribution in [1.82, 2.24) is 15.3 Å². The molecule has 2 aliphatic rings. The van der Waals surface area contributed by atoms with Crippen LogP contribution in [0.1, 0.15) is 27.1 Å².